The number of rotatable bonds is 4. The maximum Gasteiger partial charge on any atom is 0.352 e. The first-order valence-electron chi connectivity index (χ1n) is 6.36. The number of esters is 1. The molecule has 1 saturated heterocycles. The van der Waals surface area contributed by atoms with Gasteiger partial charge in [0.2, 0.25) is 0 Å². The van der Waals surface area contributed by atoms with Crippen LogP contribution in [0.2, 0.25) is 0 Å². The van der Waals surface area contributed by atoms with E-state index in [0.717, 1.165) is 36.5 Å². The van der Waals surface area contributed by atoms with Crippen LogP contribution in [0.25, 0.3) is 11.3 Å². The minimum atomic E-state index is -0.408. The molecule has 1 aliphatic heterocycles. The summed E-state index contributed by atoms with van der Waals surface area (Å²) in [6.45, 7) is 1.02. The lowest BCUT2D eigenvalue weighted by molar-refractivity contribution is 0.0166. The number of hydrogen-bond donors (Lipinski definition) is 0. The van der Waals surface area contributed by atoms with Crippen molar-refractivity contribution < 1.29 is 14.3 Å². The van der Waals surface area contributed by atoms with E-state index in [1.165, 1.54) is 0 Å². The minimum Gasteiger partial charge on any atom is -0.459 e. The zero-order valence-corrected chi connectivity index (χ0v) is 11.5. The predicted molar refractivity (Wildman–Crippen MR) is 72.4 cm³/mol. The summed E-state index contributed by atoms with van der Waals surface area (Å²) in [6, 6.07) is 3.62. The van der Waals surface area contributed by atoms with Gasteiger partial charge in [-0.15, -0.1) is 5.10 Å². The number of pyridine rings is 1. The molecule has 0 N–H and O–H groups in total. The zero-order chi connectivity index (χ0) is 13.8. The van der Waals surface area contributed by atoms with Crippen molar-refractivity contribution >= 4 is 17.5 Å². The van der Waals surface area contributed by atoms with E-state index in [-0.39, 0.29) is 12.7 Å². The van der Waals surface area contributed by atoms with Crippen molar-refractivity contribution in [3.63, 3.8) is 0 Å². The maximum atomic E-state index is 12.1. The summed E-state index contributed by atoms with van der Waals surface area (Å²) in [6.07, 6.45) is 5.28. The molecule has 104 valence electrons. The summed E-state index contributed by atoms with van der Waals surface area (Å²) < 4.78 is 14.5. The Morgan fingerprint density at radius 2 is 2.50 bits per heavy atom. The molecule has 2 aromatic heterocycles. The quantitative estimate of drug-likeness (QED) is 0.801. The van der Waals surface area contributed by atoms with Crippen LogP contribution < -0.4 is 0 Å². The van der Waals surface area contributed by atoms with Gasteiger partial charge in [-0.25, -0.2) is 4.79 Å². The second-order valence-electron chi connectivity index (χ2n) is 4.43. The van der Waals surface area contributed by atoms with Gasteiger partial charge in [-0.3, -0.25) is 4.98 Å². The summed E-state index contributed by atoms with van der Waals surface area (Å²) in [5, 5.41) is 3.98. The van der Waals surface area contributed by atoms with E-state index < -0.39 is 5.97 Å². The van der Waals surface area contributed by atoms with Gasteiger partial charge in [0.15, 0.2) is 4.88 Å². The van der Waals surface area contributed by atoms with Crippen LogP contribution in [0.1, 0.15) is 22.5 Å². The van der Waals surface area contributed by atoms with Gasteiger partial charge in [0.25, 0.3) is 0 Å². The van der Waals surface area contributed by atoms with Gasteiger partial charge in [-0.05, 0) is 36.5 Å². The highest BCUT2D eigenvalue weighted by molar-refractivity contribution is 7.08. The molecule has 7 heteroatoms. The van der Waals surface area contributed by atoms with Gasteiger partial charge in [0.1, 0.15) is 12.3 Å². The van der Waals surface area contributed by atoms with Crippen molar-refractivity contribution in [2.45, 2.75) is 18.9 Å². The first-order chi connectivity index (χ1) is 9.84. The molecule has 2 aromatic rings. The van der Waals surface area contributed by atoms with E-state index in [2.05, 4.69) is 14.6 Å². The monoisotopic (exact) mass is 291 g/mol. The highest BCUT2D eigenvalue weighted by atomic mass is 32.1. The van der Waals surface area contributed by atoms with Crippen molar-refractivity contribution in [1.82, 2.24) is 14.6 Å². The molecule has 0 aromatic carbocycles. The van der Waals surface area contributed by atoms with Crippen molar-refractivity contribution in [3.05, 3.63) is 29.4 Å². The average molecular weight is 291 g/mol. The van der Waals surface area contributed by atoms with E-state index >= 15 is 0 Å². The standard InChI is InChI=1S/C13H13N3O3S/c17-13(19-8-10-4-2-6-18-10)12-11(15-16-20-12)9-3-1-5-14-7-9/h1,3,5,7,10H,2,4,6,8H2/t10-/m1/s1. The first-order valence-corrected chi connectivity index (χ1v) is 7.13. The van der Waals surface area contributed by atoms with Gasteiger partial charge in [0.05, 0.1) is 6.10 Å². The van der Waals surface area contributed by atoms with Gasteiger partial charge in [0, 0.05) is 24.6 Å². The number of aromatic nitrogens is 3. The Bertz CT molecular complexity index is 582. The summed E-state index contributed by atoms with van der Waals surface area (Å²) in [5.74, 6) is -0.408. The summed E-state index contributed by atoms with van der Waals surface area (Å²) in [7, 11) is 0. The SMILES string of the molecule is O=C(OC[C@H]1CCCO1)c1snnc1-c1cccnc1. The molecule has 1 fully saturated rings. The molecule has 0 spiro atoms. The number of hydrogen-bond acceptors (Lipinski definition) is 7. The molecule has 0 aliphatic carbocycles. The molecule has 0 amide bonds. The number of carbonyl (C=O) groups is 1. The molecule has 1 atom stereocenters. The molecule has 0 radical (unpaired) electrons. The molecule has 20 heavy (non-hydrogen) atoms. The topological polar surface area (TPSA) is 74.2 Å². The van der Waals surface area contributed by atoms with Gasteiger partial charge < -0.3 is 9.47 Å². The number of ether oxygens (including phenoxy) is 2. The molecule has 0 bridgehead atoms. The third-order valence-electron chi connectivity index (χ3n) is 3.03. The van der Waals surface area contributed by atoms with Gasteiger partial charge in [-0.1, -0.05) is 4.49 Å². The van der Waals surface area contributed by atoms with Crippen LogP contribution in [0.3, 0.4) is 0 Å². The predicted octanol–water partition coefficient (Wildman–Crippen LogP) is 1.94. The molecule has 6 nitrogen and oxygen atoms in total. The van der Waals surface area contributed by atoms with Gasteiger partial charge >= 0.3 is 5.97 Å². The lowest BCUT2D eigenvalue weighted by Gasteiger charge is -2.09. The Kier molecular flexibility index (Phi) is 3.98. The van der Waals surface area contributed by atoms with Crippen LogP contribution in [-0.2, 0) is 9.47 Å². The molecular formula is C13H13N3O3S. The second-order valence-corrected chi connectivity index (χ2v) is 5.18. The Labute approximate surface area is 119 Å². The second kappa shape index (κ2) is 6.06. The van der Waals surface area contributed by atoms with Crippen molar-refractivity contribution in [1.29, 1.82) is 0 Å². The molecule has 0 saturated carbocycles. The zero-order valence-electron chi connectivity index (χ0n) is 10.7. The third-order valence-corrected chi connectivity index (χ3v) is 3.74. The van der Waals surface area contributed by atoms with E-state index in [4.69, 9.17) is 9.47 Å². The van der Waals surface area contributed by atoms with Crippen LogP contribution >= 0.6 is 11.5 Å². The van der Waals surface area contributed by atoms with Crippen molar-refractivity contribution in [2.75, 3.05) is 13.2 Å². The average Bonchev–Trinajstić information content (AvgIpc) is 3.17. The Balaban J connectivity index is 1.70. The fraction of sp³-hybridized carbons (Fsp3) is 0.385. The fourth-order valence-corrected chi connectivity index (χ4v) is 2.61. The van der Waals surface area contributed by atoms with Crippen LogP contribution in [-0.4, -0.2) is 39.9 Å². The smallest absolute Gasteiger partial charge is 0.352 e. The summed E-state index contributed by atoms with van der Waals surface area (Å²) in [5.41, 5.74) is 1.27. The van der Waals surface area contributed by atoms with Crippen LogP contribution in [0.4, 0.5) is 0 Å². The van der Waals surface area contributed by atoms with E-state index in [1.807, 2.05) is 6.07 Å². The van der Waals surface area contributed by atoms with Crippen LogP contribution in [0.15, 0.2) is 24.5 Å². The number of nitrogens with zero attached hydrogens (tertiary/aromatic N) is 3. The lowest BCUT2D eigenvalue weighted by atomic mass is 10.2. The van der Waals surface area contributed by atoms with E-state index in [9.17, 15) is 4.79 Å². The highest BCUT2D eigenvalue weighted by Gasteiger charge is 2.22. The molecule has 3 rings (SSSR count). The van der Waals surface area contributed by atoms with Crippen molar-refractivity contribution in [3.8, 4) is 11.3 Å². The third kappa shape index (κ3) is 2.83. The number of carbonyl (C=O) groups excluding carboxylic acids is 1. The first kappa shape index (κ1) is 13.1. The van der Waals surface area contributed by atoms with Crippen LogP contribution in [0.5, 0.6) is 0 Å². The molecule has 0 unspecified atom stereocenters. The molecule has 1 aliphatic rings. The highest BCUT2D eigenvalue weighted by Crippen LogP contribution is 2.24. The van der Waals surface area contributed by atoms with Crippen molar-refractivity contribution in [2.24, 2.45) is 0 Å². The van der Waals surface area contributed by atoms with E-state index in [1.54, 1.807) is 18.5 Å². The summed E-state index contributed by atoms with van der Waals surface area (Å²) in [4.78, 5) is 16.5. The molecular weight excluding hydrogens is 278 g/mol. The lowest BCUT2D eigenvalue weighted by Crippen LogP contribution is -2.17. The minimum absolute atomic E-state index is 0.0154. The Morgan fingerprint density at radius 3 is 3.25 bits per heavy atom. The molecule has 3 heterocycles. The Hall–Kier alpha value is -1.86. The maximum absolute atomic E-state index is 12.1. The van der Waals surface area contributed by atoms with E-state index in [0.29, 0.717) is 10.6 Å². The Morgan fingerprint density at radius 1 is 1.55 bits per heavy atom. The largest absolute Gasteiger partial charge is 0.459 e. The fourth-order valence-electron chi connectivity index (χ4n) is 2.03. The summed E-state index contributed by atoms with van der Waals surface area (Å²) >= 11 is 1.03. The normalized spacial score (nSPS) is 18.1. The van der Waals surface area contributed by atoms with Gasteiger partial charge in [-0.2, -0.15) is 0 Å². The van der Waals surface area contributed by atoms with Crippen LogP contribution in [0, 0.1) is 0 Å².